The molecule has 0 saturated carbocycles. The van der Waals surface area contributed by atoms with Gasteiger partial charge in [-0.25, -0.2) is 0 Å². The highest BCUT2D eigenvalue weighted by atomic mass is 16.7. The number of carbonyl (C=O) groups is 1. The van der Waals surface area contributed by atoms with E-state index in [4.69, 9.17) is 29.2 Å². The van der Waals surface area contributed by atoms with Crippen LogP contribution in [-0.2, 0) is 19.0 Å². The van der Waals surface area contributed by atoms with Crippen molar-refractivity contribution in [2.24, 2.45) is 0 Å². The van der Waals surface area contributed by atoms with Crippen LogP contribution in [0.2, 0.25) is 0 Å². The number of carbonyl (C=O) groups excluding carboxylic acids is 1. The van der Waals surface area contributed by atoms with Gasteiger partial charge >= 0.3 is 0 Å². The minimum absolute atomic E-state index is 0.114. The first kappa shape index (κ1) is 16.9. The number of rotatable bonds is 8. The van der Waals surface area contributed by atoms with Crippen LogP contribution in [0.5, 0.6) is 0 Å². The fourth-order valence-electron chi connectivity index (χ4n) is 0.758. The standard InChI is InChI=1S/C8H18O5.CH2O/c1-3-11-8(12-4-2)6-13-7(10)5-9;1-2/h7-10H,3-6H2,1-2H3;1H2. The lowest BCUT2D eigenvalue weighted by Crippen LogP contribution is -2.28. The Morgan fingerprint density at radius 2 is 1.60 bits per heavy atom. The first-order valence-electron chi connectivity index (χ1n) is 4.67. The molecule has 6 nitrogen and oxygen atoms in total. The fourth-order valence-corrected chi connectivity index (χ4v) is 0.758. The number of hydrogen-bond donors (Lipinski definition) is 2. The van der Waals surface area contributed by atoms with Crippen molar-refractivity contribution in [2.75, 3.05) is 26.4 Å². The Balaban J connectivity index is 0. The number of aliphatic hydroxyl groups is 2. The molecule has 15 heavy (non-hydrogen) atoms. The SMILES string of the molecule is C=O.CCOC(COC(O)CO)OCC. The van der Waals surface area contributed by atoms with E-state index in [9.17, 15) is 0 Å². The van der Waals surface area contributed by atoms with Crippen molar-refractivity contribution >= 4 is 6.79 Å². The summed E-state index contributed by atoms with van der Waals surface area (Å²) >= 11 is 0. The Hall–Kier alpha value is -0.530. The average Bonchev–Trinajstić information content (AvgIpc) is 2.28. The van der Waals surface area contributed by atoms with Gasteiger partial charge in [0, 0.05) is 13.2 Å². The summed E-state index contributed by atoms with van der Waals surface area (Å²) in [6.45, 7) is 6.41. The zero-order chi connectivity index (χ0) is 12.1. The molecule has 0 heterocycles. The molecular weight excluding hydrogens is 204 g/mol. The van der Waals surface area contributed by atoms with Crippen LogP contribution in [0.4, 0.5) is 0 Å². The van der Waals surface area contributed by atoms with E-state index in [0.717, 1.165) is 0 Å². The number of aliphatic hydroxyl groups excluding tert-OH is 2. The van der Waals surface area contributed by atoms with E-state index in [2.05, 4.69) is 0 Å². The minimum Gasteiger partial charge on any atom is -0.391 e. The third kappa shape index (κ3) is 11.4. The van der Waals surface area contributed by atoms with Gasteiger partial charge in [0.2, 0.25) is 0 Å². The van der Waals surface area contributed by atoms with Crippen molar-refractivity contribution in [3.63, 3.8) is 0 Å². The second-order valence-corrected chi connectivity index (χ2v) is 2.31. The number of hydrogen-bond acceptors (Lipinski definition) is 6. The molecule has 0 rings (SSSR count). The Kier molecular flexibility index (Phi) is 15.2. The van der Waals surface area contributed by atoms with Crippen molar-refractivity contribution in [1.29, 1.82) is 0 Å². The summed E-state index contributed by atoms with van der Waals surface area (Å²) in [4.78, 5) is 8.00. The third-order valence-corrected chi connectivity index (χ3v) is 1.29. The molecule has 0 aromatic carbocycles. The zero-order valence-corrected chi connectivity index (χ0v) is 9.22. The van der Waals surface area contributed by atoms with Gasteiger partial charge in [-0.05, 0) is 13.8 Å². The van der Waals surface area contributed by atoms with Crippen LogP contribution in [0.15, 0.2) is 0 Å². The van der Waals surface area contributed by atoms with E-state index < -0.39 is 19.2 Å². The van der Waals surface area contributed by atoms with E-state index in [1.807, 2.05) is 20.6 Å². The summed E-state index contributed by atoms with van der Waals surface area (Å²) in [5, 5.41) is 17.3. The monoisotopic (exact) mass is 224 g/mol. The molecule has 0 amide bonds. The molecule has 0 bridgehead atoms. The number of ether oxygens (including phenoxy) is 3. The van der Waals surface area contributed by atoms with Gasteiger partial charge in [-0.2, -0.15) is 0 Å². The molecule has 0 radical (unpaired) electrons. The first-order chi connectivity index (χ1) is 7.24. The van der Waals surface area contributed by atoms with Crippen molar-refractivity contribution in [1.82, 2.24) is 0 Å². The molecule has 1 unspecified atom stereocenters. The van der Waals surface area contributed by atoms with Crippen molar-refractivity contribution in [2.45, 2.75) is 26.4 Å². The van der Waals surface area contributed by atoms with Crippen LogP contribution in [0, 0.1) is 0 Å². The van der Waals surface area contributed by atoms with Crippen LogP contribution in [0.3, 0.4) is 0 Å². The predicted octanol–water partition coefficient (Wildman–Crippen LogP) is -0.472. The van der Waals surface area contributed by atoms with E-state index in [0.29, 0.717) is 13.2 Å². The van der Waals surface area contributed by atoms with Gasteiger partial charge in [-0.3, -0.25) is 0 Å². The molecule has 2 N–H and O–H groups in total. The van der Waals surface area contributed by atoms with Crippen LogP contribution >= 0.6 is 0 Å². The molecule has 6 heteroatoms. The topological polar surface area (TPSA) is 85.2 Å². The molecule has 0 aliphatic heterocycles. The molecule has 1 atom stereocenters. The van der Waals surface area contributed by atoms with Crippen LogP contribution in [0.1, 0.15) is 13.8 Å². The highest BCUT2D eigenvalue weighted by Crippen LogP contribution is 1.97. The van der Waals surface area contributed by atoms with Crippen molar-refractivity contribution < 1.29 is 29.2 Å². The smallest absolute Gasteiger partial charge is 0.180 e. The van der Waals surface area contributed by atoms with Crippen LogP contribution in [0.25, 0.3) is 0 Å². The Labute approximate surface area is 89.8 Å². The van der Waals surface area contributed by atoms with Gasteiger partial charge in [0.05, 0.1) is 6.61 Å². The summed E-state index contributed by atoms with van der Waals surface area (Å²) in [6, 6.07) is 0. The first-order valence-corrected chi connectivity index (χ1v) is 4.67. The summed E-state index contributed by atoms with van der Waals surface area (Å²) in [5.74, 6) is 0. The van der Waals surface area contributed by atoms with E-state index >= 15 is 0 Å². The quantitative estimate of drug-likeness (QED) is 0.542. The van der Waals surface area contributed by atoms with Gasteiger partial charge in [-0.1, -0.05) is 0 Å². The Morgan fingerprint density at radius 1 is 1.13 bits per heavy atom. The summed E-state index contributed by atoms with van der Waals surface area (Å²) < 4.78 is 15.1. The molecule has 0 aromatic heterocycles. The summed E-state index contributed by atoms with van der Waals surface area (Å²) in [7, 11) is 0. The zero-order valence-electron chi connectivity index (χ0n) is 9.22. The van der Waals surface area contributed by atoms with Gasteiger partial charge < -0.3 is 29.2 Å². The van der Waals surface area contributed by atoms with E-state index in [1.54, 1.807) is 0 Å². The highest BCUT2D eigenvalue weighted by Gasteiger charge is 2.10. The lowest BCUT2D eigenvalue weighted by atomic mass is 10.6. The lowest BCUT2D eigenvalue weighted by Gasteiger charge is -2.18. The molecule has 0 aliphatic carbocycles. The van der Waals surface area contributed by atoms with E-state index in [-0.39, 0.29) is 6.61 Å². The molecule has 0 fully saturated rings. The maximum Gasteiger partial charge on any atom is 0.180 e. The summed E-state index contributed by atoms with van der Waals surface area (Å²) in [6.07, 6.45) is -1.64. The van der Waals surface area contributed by atoms with Gasteiger partial charge in [0.1, 0.15) is 13.4 Å². The molecule has 0 aromatic rings. The normalized spacial score (nSPS) is 12.1. The molecular formula is C9H20O6. The van der Waals surface area contributed by atoms with Crippen LogP contribution < -0.4 is 0 Å². The molecule has 0 spiro atoms. The maximum absolute atomic E-state index is 8.86. The fraction of sp³-hybridized carbons (Fsp3) is 0.889. The third-order valence-electron chi connectivity index (χ3n) is 1.29. The summed E-state index contributed by atoms with van der Waals surface area (Å²) in [5.41, 5.74) is 0. The largest absolute Gasteiger partial charge is 0.391 e. The molecule has 0 saturated heterocycles. The molecule has 92 valence electrons. The second-order valence-electron chi connectivity index (χ2n) is 2.31. The molecule has 0 aliphatic rings. The van der Waals surface area contributed by atoms with Crippen molar-refractivity contribution in [3.8, 4) is 0 Å². The predicted molar refractivity (Wildman–Crippen MR) is 53.2 cm³/mol. The minimum atomic E-state index is -1.16. The van der Waals surface area contributed by atoms with Gasteiger partial charge in [0.15, 0.2) is 12.6 Å². The van der Waals surface area contributed by atoms with Gasteiger partial charge in [0.25, 0.3) is 0 Å². The Bertz CT molecular complexity index is 115. The Morgan fingerprint density at radius 3 is 1.93 bits per heavy atom. The second kappa shape index (κ2) is 13.5. The highest BCUT2D eigenvalue weighted by molar-refractivity contribution is 5.10. The van der Waals surface area contributed by atoms with Crippen LogP contribution in [-0.4, -0.2) is 56.0 Å². The lowest BCUT2D eigenvalue weighted by molar-refractivity contribution is -0.210. The van der Waals surface area contributed by atoms with E-state index in [1.165, 1.54) is 0 Å². The average molecular weight is 224 g/mol. The maximum atomic E-state index is 8.86. The van der Waals surface area contributed by atoms with Crippen molar-refractivity contribution in [3.05, 3.63) is 0 Å². The van der Waals surface area contributed by atoms with Gasteiger partial charge in [-0.15, -0.1) is 0 Å².